The highest BCUT2D eigenvalue weighted by molar-refractivity contribution is 6.31. The van der Waals surface area contributed by atoms with Crippen molar-refractivity contribution in [2.45, 2.75) is 18.8 Å². The second-order valence-corrected chi connectivity index (χ2v) is 4.97. The summed E-state index contributed by atoms with van der Waals surface area (Å²) >= 11 is 12.0. The average molecular weight is 287 g/mol. The van der Waals surface area contributed by atoms with E-state index in [1.54, 1.807) is 29.7 Å². The summed E-state index contributed by atoms with van der Waals surface area (Å²) in [6.45, 7) is 1.87. The van der Waals surface area contributed by atoms with Gasteiger partial charge in [0.05, 0.1) is 23.5 Å². The first kappa shape index (κ1) is 13.2. The number of rotatable bonds is 3. The van der Waals surface area contributed by atoms with E-state index in [0.29, 0.717) is 10.8 Å². The molecule has 0 N–H and O–H groups in total. The molecule has 0 amide bonds. The van der Waals surface area contributed by atoms with Gasteiger partial charge >= 0.3 is 5.97 Å². The minimum Gasteiger partial charge on any atom is -0.468 e. The molecule has 0 fully saturated rings. The maximum Gasteiger partial charge on any atom is 0.325 e. The fourth-order valence-electron chi connectivity index (χ4n) is 1.78. The minimum absolute atomic E-state index is 0.0692. The van der Waals surface area contributed by atoms with Gasteiger partial charge in [0.2, 0.25) is 0 Å². The third-order valence-electron chi connectivity index (χ3n) is 2.61. The van der Waals surface area contributed by atoms with Crippen LogP contribution in [0.2, 0.25) is 5.02 Å². The van der Waals surface area contributed by atoms with E-state index in [-0.39, 0.29) is 17.9 Å². The molecule has 0 spiro atoms. The SMILES string of the molecule is COC(=O)Cn1c(C(C)Cl)nc2ccc(Cl)cc21. The van der Waals surface area contributed by atoms with Crippen LogP contribution in [0.4, 0.5) is 0 Å². The Morgan fingerprint density at radius 1 is 1.56 bits per heavy atom. The molecule has 6 heteroatoms. The number of benzene rings is 1. The monoisotopic (exact) mass is 286 g/mol. The van der Waals surface area contributed by atoms with Crippen LogP contribution in [0.25, 0.3) is 11.0 Å². The number of hydrogen-bond acceptors (Lipinski definition) is 3. The third kappa shape index (κ3) is 2.44. The molecule has 0 bridgehead atoms. The van der Waals surface area contributed by atoms with E-state index >= 15 is 0 Å². The highest BCUT2D eigenvalue weighted by Crippen LogP contribution is 2.26. The number of nitrogens with zero attached hydrogens (tertiary/aromatic N) is 2. The Bertz CT molecular complexity index is 593. The quantitative estimate of drug-likeness (QED) is 0.643. The molecular weight excluding hydrogens is 275 g/mol. The molecule has 2 rings (SSSR count). The molecule has 1 unspecified atom stereocenters. The lowest BCUT2D eigenvalue weighted by Crippen LogP contribution is -2.14. The maximum atomic E-state index is 11.4. The fourth-order valence-corrected chi connectivity index (χ4v) is 2.11. The second-order valence-electron chi connectivity index (χ2n) is 3.88. The van der Waals surface area contributed by atoms with E-state index in [1.807, 2.05) is 0 Å². The van der Waals surface area contributed by atoms with Gasteiger partial charge in [0, 0.05) is 5.02 Å². The first-order valence-electron chi connectivity index (χ1n) is 5.39. The number of hydrogen-bond donors (Lipinski definition) is 0. The van der Waals surface area contributed by atoms with Gasteiger partial charge in [-0.3, -0.25) is 4.79 Å². The number of aromatic nitrogens is 2. The summed E-state index contributed by atoms with van der Waals surface area (Å²) in [4.78, 5) is 15.8. The van der Waals surface area contributed by atoms with Crippen molar-refractivity contribution in [2.75, 3.05) is 7.11 Å². The number of imidazole rings is 1. The first-order chi connectivity index (χ1) is 8.52. The van der Waals surface area contributed by atoms with E-state index in [2.05, 4.69) is 9.72 Å². The second kappa shape index (κ2) is 5.16. The van der Waals surface area contributed by atoms with Crippen molar-refractivity contribution in [3.8, 4) is 0 Å². The van der Waals surface area contributed by atoms with Crippen molar-refractivity contribution in [2.24, 2.45) is 0 Å². The summed E-state index contributed by atoms with van der Waals surface area (Å²) < 4.78 is 6.40. The molecule has 18 heavy (non-hydrogen) atoms. The van der Waals surface area contributed by atoms with Crippen LogP contribution in [-0.2, 0) is 16.1 Å². The Labute approximate surface area is 114 Å². The highest BCUT2D eigenvalue weighted by Gasteiger charge is 2.17. The number of carbonyl (C=O) groups excluding carboxylic acids is 1. The average Bonchev–Trinajstić information content (AvgIpc) is 2.67. The number of alkyl halides is 1. The molecule has 1 aromatic heterocycles. The molecule has 0 aliphatic rings. The number of halogens is 2. The minimum atomic E-state index is -0.354. The van der Waals surface area contributed by atoms with Crippen LogP contribution in [-0.4, -0.2) is 22.6 Å². The Morgan fingerprint density at radius 3 is 2.89 bits per heavy atom. The standard InChI is InChI=1S/C12H12Cl2N2O2/c1-7(13)12-15-9-4-3-8(14)5-10(9)16(12)6-11(17)18-2/h3-5,7H,6H2,1-2H3. The summed E-state index contributed by atoms with van der Waals surface area (Å²) in [5.41, 5.74) is 1.53. The van der Waals surface area contributed by atoms with Gasteiger partial charge in [-0.05, 0) is 25.1 Å². The number of methoxy groups -OCH3 is 1. The normalized spacial score (nSPS) is 12.7. The van der Waals surface area contributed by atoms with E-state index < -0.39 is 0 Å². The van der Waals surface area contributed by atoms with Gasteiger partial charge in [0.1, 0.15) is 12.4 Å². The van der Waals surface area contributed by atoms with Gasteiger partial charge in [-0.2, -0.15) is 0 Å². The van der Waals surface area contributed by atoms with Crippen LogP contribution in [0.15, 0.2) is 18.2 Å². The smallest absolute Gasteiger partial charge is 0.325 e. The lowest BCUT2D eigenvalue weighted by atomic mass is 10.3. The molecule has 0 aliphatic carbocycles. The lowest BCUT2D eigenvalue weighted by Gasteiger charge is -2.08. The lowest BCUT2D eigenvalue weighted by molar-refractivity contribution is -0.141. The van der Waals surface area contributed by atoms with E-state index in [0.717, 1.165) is 11.0 Å². The molecule has 4 nitrogen and oxygen atoms in total. The number of ether oxygens (including phenoxy) is 1. The van der Waals surface area contributed by atoms with Crippen LogP contribution < -0.4 is 0 Å². The third-order valence-corrected chi connectivity index (χ3v) is 3.04. The Kier molecular flexibility index (Phi) is 3.78. The van der Waals surface area contributed by atoms with Crippen LogP contribution in [0.3, 0.4) is 0 Å². The molecule has 0 saturated heterocycles. The molecular formula is C12H12Cl2N2O2. The zero-order chi connectivity index (χ0) is 13.3. The Hall–Kier alpha value is -1.26. The van der Waals surface area contributed by atoms with Crippen LogP contribution in [0.5, 0.6) is 0 Å². The number of carbonyl (C=O) groups is 1. The highest BCUT2D eigenvalue weighted by atomic mass is 35.5. The molecule has 2 aromatic rings. The predicted molar refractivity (Wildman–Crippen MR) is 71.0 cm³/mol. The van der Waals surface area contributed by atoms with Crippen molar-refractivity contribution in [1.82, 2.24) is 9.55 Å². The molecule has 0 saturated carbocycles. The molecule has 0 radical (unpaired) electrons. The number of esters is 1. The van der Waals surface area contributed by atoms with Gasteiger partial charge in [-0.1, -0.05) is 11.6 Å². The predicted octanol–water partition coefficient (Wildman–Crippen LogP) is 3.16. The van der Waals surface area contributed by atoms with Crippen molar-refractivity contribution in [1.29, 1.82) is 0 Å². The number of fused-ring (bicyclic) bond motifs is 1. The summed E-state index contributed by atoms with van der Waals surface area (Å²) in [5.74, 6) is 0.271. The largest absolute Gasteiger partial charge is 0.468 e. The summed E-state index contributed by atoms with van der Waals surface area (Å²) in [6.07, 6.45) is 0. The Morgan fingerprint density at radius 2 is 2.28 bits per heavy atom. The summed E-state index contributed by atoms with van der Waals surface area (Å²) in [6, 6.07) is 5.31. The molecule has 1 aromatic carbocycles. The van der Waals surface area contributed by atoms with Crippen molar-refractivity contribution >= 4 is 40.2 Å². The van der Waals surface area contributed by atoms with Crippen LogP contribution in [0, 0.1) is 0 Å². The van der Waals surface area contributed by atoms with E-state index in [4.69, 9.17) is 23.2 Å². The van der Waals surface area contributed by atoms with Crippen molar-refractivity contribution < 1.29 is 9.53 Å². The van der Waals surface area contributed by atoms with Crippen LogP contribution >= 0.6 is 23.2 Å². The molecule has 1 heterocycles. The van der Waals surface area contributed by atoms with Gasteiger partial charge < -0.3 is 9.30 Å². The molecule has 0 aliphatic heterocycles. The fraction of sp³-hybridized carbons (Fsp3) is 0.333. The van der Waals surface area contributed by atoms with E-state index in [9.17, 15) is 4.79 Å². The van der Waals surface area contributed by atoms with Gasteiger partial charge in [-0.15, -0.1) is 11.6 Å². The summed E-state index contributed by atoms with van der Waals surface area (Å²) in [7, 11) is 1.35. The van der Waals surface area contributed by atoms with Crippen molar-refractivity contribution in [3.05, 3.63) is 29.0 Å². The van der Waals surface area contributed by atoms with Crippen LogP contribution in [0.1, 0.15) is 18.1 Å². The topological polar surface area (TPSA) is 44.1 Å². The first-order valence-corrected chi connectivity index (χ1v) is 6.21. The van der Waals surface area contributed by atoms with E-state index in [1.165, 1.54) is 7.11 Å². The zero-order valence-corrected chi connectivity index (χ0v) is 11.5. The van der Waals surface area contributed by atoms with Gasteiger partial charge in [-0.25, -0.2) is 4.98 Å². The van der Waals surface area contributed by atoms with Gasteiger partial charge in [0.15, 0.2) is 0 Å². The maximum absolute atomic E-state index is 11.4. The zero-order valence-electron chi connectivity index (χ0n) is 9.98. The molecule has 1 atom stereocenters. The van der Waals surface area contributed by atoms with Crippen molar-refractivity contribution in [3.63, 3.8) is 0 Å². The Balaban J connectivity index is 2.60. The molecule has 96 valence electrons. The van der Waals surface area contributed by atoms with Gasteiger partial charge in [0.25, 0.3) is 0 Å². The summed E-state index contributed by atoms with van der Waals surface area (Å²) in [5, 5.41) is 0.281.